The van der Waals surface area contributed by atoms with Gasteiger partial charge in [0.05, 0.1) is 5.56 Å². The maximum Gasteiger partial charge on any atom is 0.338 e. The monoisotopic (exact) mass is 281 g/mol. The maximum absolute atomic E-state index is 12.2. The number of carbonyl (C=O) groups is 1. The Kier molecular flexibility index (Phi) is 4.48. The molecule has 3 nitrogen and oxygen atoms in total. The molecule has 1 aromatic carbocycles. The van der Waals surface area contributed by atoms with Gasteiger partial charge in [-0.3, -0.25) is 0 Å². The number of nitrogens with one attached hydrogen (secondary N) is 1. The molecule has 1 saturated heterocycles. The molecule has 2 rings (SSSR count). The molecule has 19 heavy (non-hydrogen) atoms. The highest BCUT2D eigenvalue weighted by atomic mass is 35.5. The number of piperidine rings is 1. The van der Waals surface area contributed by atoms with Crippen molar-refractivity contribution in [3.8, 4) is 0 Å². The highest BCUT2D eigenvalue weighted by molar-refractivity contribution is 6.30. The predicted octanol–water partition coefficient (Wildman–Crippen LogP) is 3.28. The first-order valence-electron chi connectivity index (χ1n) is 6.69. The Morgan fingerprint density at radius 1 is 1.37 bits per heavy atom. The van der Waals surface area contributed by atoms with Crippen LogP contribution in [0.3, 0.4) is 0 Å². The Bertz CT molecular complexity index is 453. The smallest absolute Gasteiger partial charge is 0.338 e. The molecule has 1 heterocycles. The first-order chi connectivity index (χ1) is 8.99. The van der Waals surface area contributed by atoms with E-state index in [1.165, 1.54) is 0 Å². The molecule has 0 unspecified atom stereocenters. The summed E-state index contributed by atoms with van der Waals surface area (Å²) in [5, 5.41) is 3.87. The van der Waals surface area contributed by atoms with Crippen LogP contribution in [0.25, 0.3) is 0 Å². The van der Waals surface area contributed by atoms with Crippen molar-refractivity contribution >= 4 is 17.6 Å². The topological polar surface area (TPSA) is 38.3 Å². The van der Waals surface area contributed by atoms with Crippen LogP contribution in [0.15, 0.2) is 24.3 Å². The molecular formula is C15H20ClNO2. The summed E-state index contributed by atoms with van der Waals surface area (Å²) in [5.74, 6) is 0.0999. The van der Waals surface area contributed by atoms with Gasteiger partial charge < -0.3 is 10.1 Å². The molecule has 0 saturated carbocycles. The molecule has 0 radical (unpaired) electrons. The second-order valence-corrected chi connectivity index (χ2v) is 5.96. The third kappa shape index (κ3) is 3.71. The van der Waals surface area contributed by atoms with Gasteiger partial charge in [-0.25, -0.2) is 4.79 Å². The third-order valence-corrected chi connectivity index (χ3v) is 3.97. The zero-order valence-electron chi connectivity index (χ0n) is 11.4. The lowest BCUT2D eigenvalue weighted by Gasteiger charge is -2.36. The van der Waals surface area contributed by atoms with Crippen LogP contribution in [0.1, 0.15) is 37.0 Å². The first kappa shape index (κ1) is 14.4. The van der Waals surface area contributed by atoms with E-state index in [1.807, 2.05) is 13.8 Å². The normalized spacial score (nSPS) is 17.2. The van der Waals surface area contributed by atoms with Crippen molar-refractivity contribution in [1.29, 1.82) is 0 Å². The van der Waals surface area contributed by atoms with Gasteiger partial charge in [-0.1, -0.05) is 17.7 Å². The summed E-state index contributed by atoms with van der Waals surface area (Å²) in [6.07, 6.45) is 2.08. The van der Waals surface area contributed by atoms with Gasteiger partial charge in [-0.2, -0.15) is 0 Å². The van der Waals surface area contributed by atoms with E-state index in [2.05, 4.69) is 5.32 Å². The molecule has 0 atom stereocenters. The highest BCUT2D eigenvalue weighted by Crippen LogP contribution is 2.30. The SMILES string of the molecule is CC(C)(OC(=O)c1cccc(Cl)c1)C1CCNCC1. The summed E-state index contributed by atoms with van der Waals surface area (Å²) in [7, 11) is 0. The number of ether oxygens (including phenoxy) is 1. The lowest BCUT2D eigenvalue weighted by molar-refractivity contribution is -0.0368. The number of carbonyl (C=O) groups excluding carboxylic acids is 1. The van der Waals surface area contributed by atoms with Crippen LogP contribution in [0.5, 0.6) is 0 Å². The fourth-order valence-electron chi connectivity index (χ4n) is 2.51. The van der Waals surface area contributed by atoms with Crippen LogP contribution in [0.2, 0.25) is 5.02 Å². The van der Waals surface area contributed by atoms with Gasteiger partial charge in [0, 0.05) is 10.9 Å². The van der Waals surface area contributed by atoms with E-state index in [1.54, 1.807) is 24.3 Å². The molecule has 4 heteroatoms. The molecule has 0 spiro atoms. The Labute approximate surface area is 119 Å². The van der Waals surface area contributed by atoms with E-state index in [0.29, 0.717) is 16.5 Å². The van der Waals surface area contributed by atoms with Crippen molar-refractivity contribution in [2.24, 2.45) is 5.92 Å². The predicted molar refractivity (Wildman–Crippen MR) is 76.5 cm³/mol. The second-order valence-electron chi connectivity index (χ2n) is 5.53. The minimum atomic E-state index is -0.443. The van der Waals surface area contributed by atoms with Gasteiger partial charge in [0.25, 0.3) is 0 Å². The van der Waals surface area contributed by atoms with Crippen molar-refractivity contribution < 1.29 is 9.53 Å². The van der Waals surface area contributed by atoms with Crippen LogP contribution in [0, 0.1) is 5.92 Å². The van der Waals surface area contributed by atoms with Crippen molar-refractivity contribution in [1.82, 2.24) is 5.32 Å². The summed E-state index contributed by atoms with van der Waals surface area (Å²) in [6, 6.07) is 6.88. The van der Waals surface area contributed by atoms with Gasteiger partial charge in [0.1, 0.15) is 5.60 Å². The Morgan fingerprint density at radius 3 is 2.68 bits per heavy atom. The zero-order valence-corrected chi connectivity index (χ0v) is 12.2. The summed E-state index contributed by atoms with van der Waals surface area (Å²) in [5.41, 5.74) is 0.0658. The van der Waals surface area contributed by atoms with Gasteiger partial charge in [0.2, 0.25) is 0 Å². The van der Waals surface area contributed by atoms with Crippen LogP contribution in [0.4, 0.5) is 0 Å². The standard InChI is InChI=1S/C15H20ClNO2/c1-15(2,12-6-8-17-9-7-12)19-14(18)11-4-3-5-13(16)10-11/h3-5,10,12,17H,6-9H2,1-2H3. The largest absolute Gasteiger partial charge is 0.456 e. The second kappa shape index (κ2) is 5.93. The van der Waals surface area contributed by atoms with Crippen molar-refractivity contribution in [2.75, 3.05) is 13.1 Å². The van der Waals surface area contributed by atoms with E-state index >= 15 is 0 Å². The minimum Gasteiger partial charge on any atom is -0.456 e. The van der Waals surface area contributed by atoms with E-state index < -0.39 is 5.60 Å². The van der Waals surface area contributed by atoms with Crippen LogP contribution < -0.4 is 5.32 Å². The van der Waals surface area contributed by atoms with E-state index in [9.17, 15) is 4.79 Å². The van der Waals surface area contributed by atoms with Crippen LogP contribution in [-0.2, 0) is 4.74 Å². The fraction of sp³-hybridized carbons (Fsp3) is 0.533. The molecule has 0 bridgehead atoms. The molecule has 1 aromatic rings. The average Bonchev–Trinajstić information content (AvgIpc) is 2.39. The van der Waals surface area contributed by atoms with E-state index in [0.717, 1.165) is 25.9 Å². The van der Waals surface area contributed by atoms with Crippen molar-refractivity contribution in [3.63, 3.8) is 0 Å². The molecule has 104 valence electrons. The number of halogens is 1. The molecular weight excluding hydrogens is 262 g/mol. The highest BCUT2D eigenvalue weighted by Gasteiger charge is 2.34. The molecule has 1 N–H and O–H groups in total. The maximum atomic E-state index is 12.2. The quantitative estimate of drug-likeness (QED) is 0.864. The molecule has 0 aliphatic carbocycles. The van der Waals surface area contributed by atoms with Crippen molar-refractivity contribution in [3.05, 3.63) is 34.9 Å². The number of benzene rings is 1. The Balaban J connectivity index is 2.04. The molecule has 1 aliphatic heterocycles. The fourth-order valence-corrected chi connectivity index (χ4v) is 2.70. The first-order valence-corrected chi connectivity index (χ1v) is 7.06. The molecule has 1 fully saturated rings. The Morgan fingerprint density at radius 2 is 2.05 bits per heavy atom. The number of rotatable bonds is 3. The van der Waals surface area contributed by atoms with Gasteiger partial charge in [0.15, 0.2) is 0 Å². The van der Waals surface area contributed by atoms with Gasteiger partial charge in [-0.05, 0) is 58.0 Å². The lowest BCUT2D eigenvalue weighted by atomic mass is 9.83. The van der Waals surface area contributed by atoms with Crippen LogP contribution >= 0.6 is 11.6 Å². The minimum absolute atomic E-state index is 0.300. The van der Waals surface area contributed by atoms with E-state index in [-0.39, 0.29) is 5.97 Å². The van der Waals surface area contributed by atoms with Gasteiger partial charge >= 0.3 is 5.97 Å². The summed E-state index contributed by atoms with van der Waals surface area (Å²) >= 11 is 5.89. The van der Waals surface area contributed by atoms with Gasteiger partial charge in [-0.15, -0.1) is 0 Å². The summed E-state index contributed by atoms with van der Waals surface area (Å²) < 4.78 is 5.69. The molecule has 1 aliphatic rings. The number of hydrogen-bond acceptors (Lipinski definition) is 3. The lowest BCUT2D eigenvalue weighted by Crippen LogP contribution is -2.42. The molecule has 0 amide bonds. The van der Waals surface area contributed by atoms with Crippen molar-refractivity contribution in [2.45, 2.75) is 32.3 Å². The summed E-state index contributed by atoms with van der Waals surface area (Å²) in [4.78, 5) is 12.2. The summed E-state index contributed by atoms with van der Waals surface area (Å²) in [6.45, 7) is 5.96. The molecule has 0 aromatic heterocycles. The average molecular weight is 282 g/mol. The van der Waals surface area contributed by atoms with Crippen LogP contribution in [-0.4, -0.2) is 24.7 Å². The number of esters is 1. The zero-order chi connectivity index (χ0) is 13.9. The third-order valence-electron chi connectivity index (χ3n) is 3.74. The Hall–Kier alpha value is -1.06. The number of hydrogen-bond donors (Lipinski definition) is 1. The van der Waals surface area contributed by atoms with E-state index in [4.69, 9.17) is 16.3 Å².